The van der Waals surface area contributed by atoms with Gasteiger partial charge in [-0.3, -0.25) is 0 Å². The fourth-order valence-electron chi connectivity index (χ4n) is 3.49. The first-order chi connectivity index (χ1) is 13.6. The van der Waals surface area contributed by atoms with Crippen LogP contribution in [0.4, 0.5) is 5.69 Å². The first kappa shape index (κ1) is 19.3. The van der Waals surface area contributed by atoms with Crippen LogP contribution in [0.15, 0.2) is 60.2 Å². The van der Waals surface area contributed by atoms with Gasteiger partial charge in [0.05, 0.1) is 13.0 Å². The molecule has 1 heterocycles. The van der Waals surface area contributed by atoms with Crippen molar-refractivity contribution >= 4 is 5.69 Å². The van der Waals surface area contributed by atoms with E-state index in [0.29, 0.717) is 11.7 Å². The van der Waals surface area contributed by atoms with E-state index in [2.05, 4.69) is 24.8 Å². The number of rotatable bonds is 6. The second kappa shape index (κ2) is 8.50. The summed E-state index contributed by atoms with van der Waals surface area (Å²) in [6, 6.07) is 19.5. The molecule has 2 aromatic rings. The number of nitrogens with zero attached hydrogens (tertiary/aromatic N) is 3. The second-order valence-electron chi connectivity index (χ2n) is 7.12. The van der Waals surface area contributed by atoms with Gasteiger partial charge in [-0.25, -0.2) is 0 Å². The summed E-state index contributed by atoms with van der Waals surface area (Å²) in [5.74, 6) is 1.67. The van der Waals surface area contributed by atoms with Crippen molar-refractivity contribution in [3.63, 3.8) is 0 Å². The van der Waals surface area contributed by atoms with E-state index in [0.717, 1.165) is 23.5 Å². The molecule has 5 heteroatoms. The fourth-order valence-corrected chi connectivity index (χ4v) is 3.49. The molecular formula is C23H23N3O2. The average Bonchev–Trinajstić information content (AvgIpc) is 2.99. The first-order valence-electron chi connectivity index (χ1n) is 9.25. The molecule has 142 valence electrons. The van der Waals surface area contributed by atoms with Gasteiger partial charge in [-0.15, -0.1) is 0 Å². The second-order valence-corrected chi connectivity index (χ2v) is 7.12. The minimum absolute atomic E-state index is 0.0922. The normalized spacial score (nSPS) is 17.4. The number of nitriles is 2. The number of hydrogen-bond donors (Lipinski definition) is 0. The molecular weight excluding hydrogens is 350 g/mol. The molecule has 0 radical (unpaired) electrons. The predicted molar refractivity (Wildman–Crippen MR) is 108 cm³/mol. The molecule has 2 aromatic carbocycles. The van der Waals surface area contributed by atoms with Gasteiger partial charge in [-0.05, 0) is 47.9 Å². The number of anilines is 1. The Labute approximate surface area is 166 Å². The highest BCUT2D eigenvalue weighted by molar-refractivity contribution is 5.63. The topological polar surface area (TPSA) is 69.3 Å². The van der Waals surface area contributed by atoms with Gasteiger partial charge in [-0.1, -0.05) is 32.0 Å². The van der Waals surface area contributed by atoms with Crippen LogP contribution in [0.2, 0.25) is 0 Å². The van der Waals surface area contributed by atoms with E-state index in [1.807, 2.05) is 54.6 Å². The molecule has 0 N–H and O–H groups in total. The predicted octanol–water partition coefficient (Wildman–Crippen LogP) is 4.63. The lowest BCUT2D eigenvalue weighted by Crippen LogP contribution is -2.40. The molecule has 0 saturated heterocycles. The molecule has 0 bridgehead atoms. The third-order valence-corrected chi connectivity index (χ3v) is 4.68. The zero-order chi connectivity index (χ0) is 20.1. The van der Waals surface area contributed by atoms with Gasteiger partial charge < -0.3 is 14.4 Å². The maximum atomic E-state index is 9.27. The van der Waals surface area contributed by atoms with Crippen LogP contribution in [0.3, 0.4) is 0 Å². The molecule has 2 unspecified atom stereocenters. The Morgan fingerprint density at radius 1 is 1.07 bits per heavy atom. The molecule has 0 aromatic heterocycles. The minimum Gasteiger partial charge on any atom is -0.497 e. The van der Waals surface area contributed by atoms with Crippen molar-refractivity contribution in [3.05, 3.63) is 65.7 Å². The Morgan fingerprint density at radius 3 is 2.32 bits per heavy atom. The Bertz CT molecular complexity index is 920. The van der Waals surface area contributed by atoms with Crippen LogP contribution in [-0.2, 0) is 0 Å². The first-order valence-corrected chi connectivity index (χ1v) is 9.25. The molecule has 1 aliphatic rings. The smallest absolute Gasteiger partial charge is 0.182 e. The minimum atomic E-state index is -0.343. The Hall–Kier alpha value is -3.44. The Balaban J connectivity index is 2.03. The largest absolute Gasteiger partial charge is 0.497 e. The zero-order valence-corrected chi connectivity index (χ0v) is 16.3. The average molecular weight is 373 g/mol. The van der Waals surface area contributed by atoms with Gasteiger partial charge in [0.1, 0.15) is 29.2 Å². The number of hydrogen-bond acceptors (Lipinski definition) is 5. The quantitative estimate of drug-likeness (QED) is 0.690. The zero-order valence-electron chi connectivity index (χ0n) is 16.3. The SMILES string of the molecule is COc1ccc(OC2C(C=C(C#N)C#N)c3ccccc3N2CC(C)C)cc1. The van der Waals surface area contributed by atoms with Crippen LogP contribution >= 0.6 is 0 Å². The number of fused-ring (bicyclic) bond motifs is 1. The maximum Gasteiger partial charge on any atom is 0.182 e. The van der Waals surface area contributed by atoms with E-state index in [1.54, 1.807) is 13.2 Å². The highest BCUT2D eigenvalue weighted by atomic mass is 16.5. The molecule has 0 amide bonds. The van der Waals surface area contributed by atoms with E-state index in [-0.39, 0.29) is 17.7 Å². The van der Waals surface area contributed by atoms with Gasteiger partial charge in [-0.2, -0.15) is 10.5 Å². The van der Waals surface area contributed by atoms with Gasteiger partial charge in [0.2, 0.25) is 0 Å². The van der Waals surface area contributed by atoms with E-state index in [4.69, 9.17) is 9.47 Å². The summed E-state index contributed by atoms with van der Waals surface area (Å²) in [6.45, 7) is 5.12. The van der Waals surface area contributed by atoms with Crippen molar-refractivity contribution in [2.75, 3.05) is 18.6 Å². The third kappa shape index (κ3) is 3.94. The van der Waals surface area contributed by atoms with Crippen molar-refractivity contribution in [3.8, 4) is 23.6 Å². The molecule has 5 nitrogen and oxygen atoms in total. The lowest BCUT2D eigenvalue weighted by atomic mass is 9.97. The molecule has 0 aliphatic carbocycles. The van der Waals surface area contributed by atoms with Gasteiger partial charge in [0.25, 0.3) is 0 Å². The molecule has 2 atom stereocenters. The molecule has 3 rings (SSSR count). The van der Waals surface area contributed by atoms with E-state index in [9.17, 15) is 10.5 Å². The van der Waals surface area contributed by atoms with E-state index in [1.165, 1.54) is 0 Å². The third-order valence-electron chi connectivity index (χ3n) is 4.68. The fraction of sp³-hybridized carbons (Fsp3) is 0.304. The molecule has 0 saturated carbocycles. The Kier molecular flexibility index (Phi) is 5.87. The summed E-state index contributed by atoms with van der Waals surface area (Å²) in [5, 5.41) is 18.5. The number of allylic oxidation sites excluding steroid dienone is 1. The summed E-state index contributed by atoms with van der Waals surface area (Å²) in [4.78, 5) is 2.22. The van der Waals surface area contributed by atoms with Gasteiger partial charge in [0, 0.05) is 12.2 Å². The standard InChI is InChI=1S/C23H23N3O2/c1-16(2)15-26-22-7-5-4-6-20(22)21(12-17(13-24)14-25)23(26)28-19-10-8-18(27-3)9-11-19/h4-12,16,21,23H,15H2,1-3H3. The van der Waals surface area contributed by atoms with Crippen LogP contribution in [0, 0.1) is 28.6 Å². The summed E-state index contributed by atoms with van der Waals surface area (Å²) < 4.78 is 11.6. The Morgan fingerprint density at radius 2 is 1.71 bits per heavy atom. The lowest BCUT2D eigenvalue weighted by molar-refractivity contribution is 0.187. The lowest BCUT2D eigenvalue weighted by Gasteiger charge is -2.31. The number of ether oxygens (including phenoxy) is 2. The summed E-state index contributed by atoms with van der Waals surface area (Å²) in [6.07, 6.45) is 1.37. The van der Waals surface area contributed by atoms with Crippen LogP contribution in [-0.4, -0.2) is 19.9 Å². The van der Waals surface area contributed by atoms with Gasteiger partial charge in [0.15, 0.2) is 6.23 Å². The van der Waals surface area contributed by atoms with Crippen LogP contribution < -0.4 is 14.4 Å². The molecule has 1 aliphatic heterocycles. The van der Waals surface area contributed by atoms with Crippen molar-refractivity contribution in [2.24, 2.45) is 5.92 Å². The van der Waals surface area contributed by atoms with Crippen LogP contribution in [0.1, 0.15) is 25.3 Å². The van der Waals surface area contributed by atoms with Crippen molar-refractivity contribution in [2.45, 2.75) is 26.0 Å². The highest BCUT2D eigenvalue weighted by Gasteiger charge is 2.39. The summed E-state index contributed by atoms with van der Waals surface area (Å²) in [7, 11) is 1.62. The maximum absolute atomic E-state index is 9.27. The molecule has 0 spiro atoms. The van der Waals surface area contributed by atoms with E-state index >= 15 is 0 Å². The van der Waals surface area contributed by atoms with Gasteiger partial charge >= 0.3 is 0 Å². The number of methoxy groups -OCH3 is 1. The van der Waals surface area contributed by atoms with Crippen molar-refractivity contribution < 1.29 is 9.47 Å². The molecule has 28 heavy (non-hydrogen) atoms. The number of para-hydroxylation sites is 1. The highest BCUT2D eigenvalue weighted by Crippen LogP contribution is 2.43. The van der Waals surface area contributed by atoms with Crippen LogP contribution in [0.25, 0.3) is 0 Å². The monoisotopic (exact) mass is 373 g/mol. The summed E-state index contributed by atoms with van der Waals surface area (Å²) in [5.41, 5.74) is 2.23. The summed E-state index contributed by atoms with van der Waals surface area (Å²) >= 11 is 0. The van der Waals surface area contributed by atoms with E-state index < -0.39 is 0 Å². The number of benzene rings is 2. The van der Waals surface area contributed by atoms with Crippen LogP contribution in [0.5, 0.6) is 11.5 Å². The molecule has 0 fully saturated rings. The van der Waals surface area contributed by atoms with Crippen molar-refractivity contribution in [1.29, 1.82) is 10.5 Å². The van der Waals surface area contributed by atoms with Crippen molar-refractivity contribution in [1.82, 2.24) is 0 Å².